The third-order valence-electron chi connectivity index (χ3n) is 6.02. The van der Waals surface area contributed by atoms with Crippen molar-refractivity contribution in [1.82, 2.24) is 29.9 Å². The molecule has 31 heavy (non-hydrogen) atoms. The first kappa shape index (κ1) is 23.5. The second-order valence-electron chi connectivity index (χ2n) is 7.90. The zero-order chi connectivity index (χ0) is 19.6. The molecule has 166 valence electrons. The van der Waals surface area contributed by atoms with Crippen LogP contribution in [0.3, 0.4) is 0 Å². The first-order valence-electron chi connectivity index (χ1n) is 10.4. The highest BCUT2D eigenvalue weighted by Gasteiger charge is 2.31. The Balaban J connectivity index is 0.00000136. The van der Waals surface area contributed by atoms with Crippen LogP contribution in [0.25, 0.3) is 11.0 Å². The van der Waals surface area contributed by atoms with E-state index in [4.69, 9.17) is 0 Å². The number of nitrogens with one attached hydrogen (secondary N) is 1. The molecule has 5 rings (SSSR count). The monoisotopic (exact) mass is 462 g/mol. The summed E-state index contributed by atoms with van der Waals surface area (Å²) in [7, 11) is 0. The van der Waals surface area contributed by atoms with Crippen molar-refractivity contribution >= 4 is 41.8 Å². The average Bonchev–Trinajstić information content (AvgIpc) is 3.42. The molecule has 2 aromatic heterocycles. The van der Waals surface area contributed by atoms with Gasteiger partial charge in [-0.25, -0.2) is 9.67 Å². The minimum atomic E-state index is 0. The van der Waals surface area contributed by atoms with E-state index in [0.29, 0.717) is 18.2 Å². The van der Waals surface area contributed by atoms with Crippen molar-refractivity contribution in [3.63, 3.8) is 0 Å². The quantitative estimate of drug-likeness (QED) is 0.644. The lowest BCUT2D eigenvalue weighted by Gasteiger charge is -2.32. The Morgan fingerprint density at radius 2 is 1.84 bits per heavy atom. The van der Waals surface area contributed by atoms with Crippen LogP contribution in [0.1, 0.15) is 22.3 Å². The lowest BCUT2D eigenvalue weighted by atomic mass is 10.2. The molecule has 0 spiro atoms. The fraction of sp³-hybridized carbons (Fsp3) is 0.409. The lowest BCUT2D eigenvalue weighted by molar-refractivity contribution is 0.0773. The standard InChI is InChI=1S/C22H26N6O.2ClH/c29-22(27-9-6-20(16-27)26-10-7-23-8-11-26)19-12-18-14-25-28(21(18)24-13-19)15-17-4-2-1-3-5-17;;/h1-5,12-14,20,23H,6-11,15-16H2;2*1H. The average molecular weight is 463 g/mol. The van der Waals surface area contributed by atoms with Gasteiger partial charge in [0.25, 0.3) is 5.91 Å². The summed E-state index contributed by atoms with van der Waals surface area (Å²) in [4.78, 5) is 22.1. The number of aromatic nitrogens is 3. The molecule has 1 unspecified atom stereocenters. The smallest absolute Gasteiger partial charge is 0.255 e. The van der Waals surface area contributed by atoms with Crippen molar-refractivity contribution in [2.45, 2.75) is 19.0 Å². The van der Waals surface area contributed by atoms with Gasteiger partial charge in [-0.1, -0.05) is 30.3 Å². The Hall–Kier alpha value is -2.19. The number of piperazine rings is 1. The van der Waals surface area contributed by atoms with Gasteiger partial charge in [-0.3, -0.25) is 9.69 Å². The van der Waals surface area contributed by atoms with Crippen molar-refractivity contribution in [2.75, 3.05) is 39.3 Å². The number of pyridine rings is 1. The van der Waals surface area contributed by atoms with Crippen LogP contribution >= 0.6 is 24.8 Å². The van der Waals surface area contributed by atoms with Gasteiger partial charge in [-0.15, -0.1) is 24.8 Å². The van der Waals surface area contributed by atoms with E-state index in [1.165, 1.54) is 5.56 Å². The second kappa shape index (κ2) is 10.4. The van der Waals surface area contributed by atoms with Crippen LogP contribution in [0.5, 0.6) is 0 Å². The van der Waals surface area contributed by atoms with E-state index in [1.54, 1.807) is 12.4 Å². The first-order valence-corrected chi connectivity index (χ1v) is 10.4. The van der Waals surface area contributed by atoms with Gasteiger partial charge in [0.1, 0.15) is 0 Å². The molecule has 1 N–H and O–H groups in total. The van der Waals surface area contributed by atoms with Gasteiger partial charge < -0.3 is 10.2 Å². The van der Waals surface area contributed by atoms with Gasteiger partial charge in [0, 0.05) is 56.9 Å². The highest BCUT2D eigenvalue weighted by molar-refractivity contribution is 5.97. The van der Waals surface area contributed by atoms with Crippen LogP contribution in [0.2, 0.25) is 0 Å². The Kier molecular flexibility index (Phi) is 7.89. The van der Waals surface area contributed by atoms with Gasteiger partial charge in [0.15, 0.2) is 5.65 Å². The summed E-state index contributed by atoms with van der Waals surface area (Å²) in [5.74, 6) is 0.0767. The fourth-order valence-corrected chi connectivity index (χ4v) is 4.42. The Bertz CT molecular complexity index is 1010. The summed E-state index contributed by atoms with van der Waals surface area (Å²) in [5.41, 5.74) is 2.64. The van der Waals surface area contributed by atoms with Crippen molar-refractivity contribution in [2.24, 2.45) is 0 Å². The van der Waals surface area contributed by atoms with E-state index in [2.05, 4.69) is 32.4 Å². The molecular formula is C22H28Cl2N6O. The molecule has 0 radical (unpaired) electrons. The number of hydrogen-bond donors (Lipinski definition) is 1. The number of rotatable bonds is 4. The van der Waals surface area contributed by atoms with Crippen molar-refractivity contribution < 1.29 is 4.79 Å². The van der Waals surface area contributed by atoms with E-state index in [0.717, 1.165) is 56.7 Å². The Morgan fingerprint density at radius 1 is 1.06 bits per heavy atom. The number of benzene rings is 1. The molecule has 2 aliphatic rings. The summed E-state index contributed by atoms with van der Waals surface area (Å²) in [6.07, 6.45) is 4.55. The summed E-state index contributed by atoms with van der Waals surface area (Å²) in [5, 5.41) is 8.78. The molecule has 0 saturated carbocycles. The fourth-order valence-electron chi connectivity index (χ4n) is 4.42. The molecule has 2 aliphatic heterocycles. The molecule has 2 fully saturated rings. The number of nitrogens with zero attached hydrogens (tertiary/aromatic N) is 5. The van der Waals surface area contributed by atoms with E-state index >= 15 is 0 Å². The van der Waals surface area contributed by atoms with E-state index in [1.807, 2.05) is 33.8 Å². The molecule has 1 aromatic carbocycles. The number of carbonyl (C=O) groups is 1. The van der Waals surface area contributed by atoms with Crippen molar-refractivity contribution in [3.05, 3.63) is 59.9 Å². The molecule has 4 heterocycles. The largest absolute Gasteiger partial charge is 0.337 e. The van der Waals surface area contributed by atoms with Crippen molar-refractivity contribution in [1.29, 1.82) is 0 Å². The zero-order valence-corrected chi connectivity index (χ0v) is 18.9. The van der Waals surface area contributed by atoms with Gasteiger partial charge in [-0.2, -0.15) is 5.10 Å². The molecule has 0 aliphatic carbocycles. The third-order valence-corrected chi connectivity index (χ3v) is 6.02. The SMILES string of the molecule is Cl.Cl.O=C(c1cnc2c(cnn2Cc2ccccc2)c1)N1CCC(N2CCNCC2)C1. The first-order chi connectivity index (χ1) is 14.3. The number of carbonyl (C=O) groups excluding carboxylic acids is 1. The maximum absolute atomic E-state index is 13.0. The van der Waals surface area contributed by atoms with Crippen LogP contribution in [0, 0.1) is 0 Å². The molecule has 1 amide bonds. The summed E-state index contributed by atoms with van der Waals surface area (Å²) >= 11 is 0. The molecule has 1 atom stereocenters. The summed E-state index contributed by atoms with van der Waals surface area (Å²) < 4.78 is 1.88. The second-order valence-corrected chi connectivity index (χ2v) is 7.90. The third kappa shape index (κ3) is 5.01. The highest BCUT2D eigenvalue weighted by atomic mass is 35.5. The van der Waals surface area contributed by atoms with Gasteiger partial charge in [0.05, 0.1) is 18.3 Å². The van der Waals surface area contributed by atoms with Crippen LogP contribution in [0.15, 0.2) is 48.8 Å². The summed E-state index contributed by atoms with van der Waals surface area (Å²) in [6, 6.07) is 12.6. The number of amides is 1. The minimum Gasteiger partial charge on any atom is -0.337 e. The highest BCUT2D eigenvalue weighted by Crippen LogP contribution is 2.20. The zero-order valence-electron chi connectivity index (χ0n) is 17.3. The maximum Gasteiger partial charge on any atom is 0.255 e. The van der Waals surface area contributed by atoms with Crippen LogP contribution in [-0.4, -0.2) is 75.8 Å². The van der Waals surface area contributed by atoms with Gasteiger partial charge in [-0.05, 0) is 18.1 Å². The Labute approximate surface area is 194 Å². The number of likely N-dealkylation sites (tertiary alicyclic amines) is 1. The molecular weight excluding hydrogens is 435 g/mol. The summed E-state index contributed by atoms with van der Waals surface area (Å²) in [6.45, 7) is 6.52. The normalized spacial score (nSPS) is 19.1. The van der Waals surface area contributed by atoms with Crippen molar-refractivity contribution in [3.8, 4) is 0 Å². The van der Waals surface area contributed by atoms with E-state index < -0.39 is 0 Å². The van der Waals surface area contributed by atoms with Gasteiger partial charge >= 0.3 is 0 Å². The number of halogens is 2. The predicted octanol–water partition coefficient (Wildman–Crippen LogP) is 2.44. The van der Waals surface area contributed by atoms with E-state index in [-0.39, 0.29) is 30.7 Å². The lowest BCUT2D eigenvalue weighted by Crippen LogP contribution is -2.49. The van der Waals surface area contributed by atoms with Crippen LogP contribution < -0.4 is 5.32 Å². The predicted molar refractivity (Wildman–Crippen MR) is 126 cm³/mol. The van der Waals surface area contributed by atoms with Crippen LogP contribution in [-0.2, 0) is 6.54 Å². The van der Waals surface area contributed by atoms with Gasteiger partial charge in [0.2, 0.25) is 0 Å². The molecule has 9 heteroatoms. The number of hydrogen-bond acceptors (Lipinski definition) is 5. The maximum atomic E-state index is 13.0. The molecule has 0 bridgehead atoms. The molecule has 7 nitrogen and oxygen atoms in total. The molecule has 2 saturated heterocycles. The van der Waals surface area contributed by atoms with E-state index in [9.17, 15) is 4.79 Å². The number of fused-ring (bicyclic) bond motifs is 1. The minimum absolute atomic E-state index is 0. The topological polar surface area (TPSA) is 66.3 Å². The Morgan fingerprint density at radius 3 is 2.61 bits per heavy atom. The van der Waals surface area contributed by atoms with Crippen LogP contribution in [0.4, 0.5) is 0 Å². The molecule has 3 aromatic rings.